The Morgan fingerprint density at radius 2 is 1.69 bits per heavy atom. The van der Waals surface area contributed by atoms with Crippen LogP contribution in [0.5, 0.6) is 5.75 Å². The van der Waals surface area contributed by atoms with E-state index in [0.29, 0.717) is 18.0 Å². The van der Waals surface area contributed by atoms with E-state index in [-0.39, 0.29) is 18.0 Å². The van der Waals surface area contributed by atoms with Crippen LogP contribution in [-0.4, -0.2) is 38.3 Å². The molecule has 0 aliphatic rings. The van der Waals surface area contributed by atoms with Crippen LogP contribution < -0.4 is 10.1 Å². The van der Waals surface area contributed by atoms with Gasteiger partial charge in [-0.1, -0.05) is 6.92 Å². The number of carbonyl (C=O) groups is 1. The lowest BCUT2D eigenvalue weighted by Crippen LogP contribution is -2.37. The lowest BCUT2D eigenvalue weighted by molar-refractivity contribution is -0.116. The number of hydrogen-bond donors (Lipinski definition) is 1. The molecule has 1 amide bonds. The summed E-state index contributed by atoms with van der Waals surface area (Å²) in [5.74, 6) is -0.354. The fourth-order valence-corrected chi connectivity index (χ4v) is 3.69. The molecule has 0 saturated carbocycles. The SMILES string of the molecule is CCOc1ccc(S(=O)(=O)N(CC)CC(=O)Nc2ccc(F)cc2)cc1. The zero-order valence-electron chi connectivity index (χ0n) is 14.6. The summed E-state index contributed by atoms with van der Waals surface area (Å²) in [6.07, 6.45) is 0. The van der Waals surface area contributed by atoms with Gasteiger partial charge in [-0.15, -0.1) is 0 Å². The van der Waals surface area contributed by atoms with Crippen molar-refractivity contribution in [2.45, 2.75) is 18.7 Å². The number of carbonyl (C=O) groups excluding carboxylic acids is 1. The standard InChI is InChI=1S/C18H21FN2O4S/c1-3-21(13-18(22)20-15-7-5-14(19)6-8-15)26(23,24)17-11-9-16(10-12-17)25-4-2/h5-12H,3-4,13H2,1-2H3,(H,20,22). The van der Waals surface area contributed by atoms with Crippen LogP contribution in [-0.2, 0) is 14.8 Å². The minimum atomic E-state index is -3.82. The molecule has 2 aromatic carbocycles. The minimum absolute atomic E-state index is 0.0809. The van der Waals surface area contributed by atoms with Crippen molar-refractivity contribution >= 4 is 21.6 Å². The van der Waals surface area contributed by atoms with Crippen molar-refractivity contribution in [3.05, 3.63) is 54.3 Å². The smallest absolute Gasteiger partial charge is 0.243 e. The van der Waals surface area contributed by atoms with Crippen LogP contribution in [0.3, 0.4) is 0 Å². The van der Waals surface area contributed by atoms with E-state index in [0.717, 1.165) is 4.31 Å². The number of amides is 1. The second-order valence-electron chi connectivity index (χ2n) is 5.39. The predicted molar refractivity (Wildman–Crippen MR) is 97.1 cm³/mol. The molecule has 2 rings (SSSR count). The highest BCUT2D eigenvalue weighted by Crippen LogP contribution is 2.20. The van der Waals surface area contributed by atoms with Gasteiger partial charge in [-0.3, -0.25) is 4.79 Å². The molecule has 2 aromatic rings. The number of ether oxygens (including phenoxy) is 1. The molecule has 0 spiro atoms. The van der Waals surface area contributed by atoms with Crippen molar-refractivity contribution in [2.24, 2.45) is 0 Å². The zero-order chi connectivity index (χ0) is 19.2. The molecule has 0 heterocycles. The average molecular weight is 380 g/mol. The van der Waals surface area contributed by atoms with Crippen LogP contribution in [0.15, 0.2) is 53.4 Å². The maximum atomic E-state index is 12.9. The van der Waals surface area contributed by atoms with E-state index in [9.17, 15) is 17.6 Å². The van der Waals surface area contributed by atoms with Gasteiger partial charge < -0.3 is 10.1 Å². The minimum Gasteiger partial charge on any atom is -0.494 e. The van der Waals surface area contributed by atoms with E-state index in [1.165, 1.54) is 36.4 Å². The lowest BCUT2D eigenvalue weighted by atomic mass is 10.3. The maximum absolute atomic E-state index is 12.9. The van der Waals surface area contributed by atoms with E-state index in [4.69, 9.17) is 4.74 Å². The number of likely N-dealkylation sites (N-methyl/N-ethyl adjacent to an activating group) is 1. The van der Waals surface area contributed by atoms with Crippen LogP contribution >= 0.6 is 0 Å². The van der Waals surface area contributed by atoms with Gasteiger partial charge in [-0.25, -0.2) is 12.8 Å². The van der Waals surface area contributed by atoms with Gasteiger partial charge in [0.1, 0.15) is 11.6 Å². The summed E-state index contributed by atoms with van der Waals surface area (Å²) in [7, 11) is -3.82. The van der Waals surface area contributed by atoms with Gasteiger partial charge in [0, 0.05) is 12.2 Å². The molecule has 1 N–H and O–H groups in total. The molecule has 0 radical (unpaired) electrons. The molecule has 8 heteroatoms. The van der Waals surface area contributed by atoms with Gasteiger partial charge in [0.25, 0.3) is 0 Å². The van der Waals surface area contributed by atoms with Gasteiger partial charge in [-0.2, -0.15) is 4.31 Å². The topological polar surface area (TPSA) is 75.7 Å². The maximum Gasteiger partial charge on any atom is 0.243 e. The molecule has 0 atom stereocenters. The molecule has 0 unspecified atom stereocenters. The number of sulfonamides is 1. The highest BCUT2D eigenvalue weighted by molar-refractivity contribution is 7.89. The number of nitrogens with one attached hydrogen (secondary N) is 1. The van der Waals surface area contributed by atoms with E-state index < -0.39 is 21.7 Å². The third-order valence-electron chi connectivity index (χ3n) is 3.57. The molecular weight excluding hydrogens is 359 g/mol. The molecule has 6 nitrogen and oxygen atoms in total. The Morgan fingerprint density at radius 1 is 1.08 bits per heavy atom. The van der Waals surface area contributed by atoms with Gasteiger partial charge in [0.05, 0.1) is 18.0 Å². The second-order valence-corrected chi connectivity index (χ2v) is 7.33. The van der Waals surface area contributed by atoms with Crippen LogP contribution in [0.25, 0.3) is 0 Å². The molecule has 26 heavy (non-hydrogen) atoms. The van der Waals surface area contributed by atoms with Crippen molar-refractivity contribution in [2.75, 3.05) is 25.0 Å². The summed E-state index contributed by atoms with van der Waals surface area (Å²) in [6, 6.07) is 11.3. The van der Waals surface area contributed by atoms with Crippen LogP contribution in [0.2, 0.25) is 0 Å². The summed E-state index contributed by atoms with van der Waals surface area (Å²) in [6.45, 7) is 3.76. The first-order chi connectivity index (χ1) is 12.4. The normalized spacial score (nSPS) is 11.4. The Labute approximate surface area is 152 Å². The van der Waals surface area contributed by atoms with Crippen molar-refractivity contribution in [3.63, 3.8) is 0 Å². The van der Waals surface area contributed by atoms with Gasteiger partial charge in [0.2, 0.25) is 15.9 Å². The van der Waals surface area contributed by atoms with Gasteiger partial charge in [-0.05, 0) is 55.5 Å². The number of halogens is 1. The van der Waals surface area contributed by atoms with Crippen molar-refractivity contribution in [1.82, 2.24) is 4.31 Å². The van der Waals surface area contributed by atoms with Gasteiger partial charge in [0.15, 0.2) is 0 Å². The van der Waals surface area contributed by atoms with Crippen LogP contribution in [0.4, 0.5) is 10.1 Å². The Kier molecular flexibility index (Phi) is 6.70. The highest BCUT2D eigenvalue weighted by Gasteiger charge is 2.25. The number of benzene rings is 2. The molecular formula is C18H21FN2O4S. The molecule has 0 bridgehead atoms. The second kappa shape index (κ2) is 8.77. The Hall–Kier alpha value is -2.45. The average Bonchev–Trinajstić information content (AvgIpc) is 2.62. The van der Waals surface area contributed by atoms with Crippen LogP contribution in [0.1, 0.15) is 13.8 Å². The summed E-state index contributed by atoms with van der Waals surface area (Å²) in [4.78, 5) is 12.2. The largest absolute Gasteiger partial charge is 0.494 e. The third kappa shape index (κ3) is 5.03. The van der Waals surface area contributed by atoms with Crippen LogP contribution in [0, 0.1) is 5.82 Å². The summed E-state index contributed by atoms with van der Waals surface area (Å²) in [5.41, 5.74) is 0.394. The number of hydrogen-bond acceptors (Lipinski definition) is 4. The summed E-state index contributed by atoms with van der Waals surface area (Å²) < 4.78 is 44.7. The predicted octanol–water partition coefficient (Wildman–Crippen LogP) is 2.87. The first-order valence-electron chi connectivity index (χ1n) is 8.15. The van der Waals surface area contributed by atoms with E-state index in [1.54, 1.807) is 19.1 Å². The van der Waals surface area contributed by atoms with Crippen molar-refractivity contribution in [3.8, 4) is 5.75 Å². The number of nitrogens with zero attached hydrogens (tertiary/aromatic N) is 1. The molecule has 140 valence electrons. The fraction of sp³-hybridized carbons (Fsp3) is 0.278. The van der Waals surface area contributed by atoms with Crippen molar-refractivity contribution < 1.29 is 22.3 Å². The molecule has 0 fully saturated rings. The van der Waals surface area contributed by atoms with E-state index in [1.807, 2.05) is 6.92 Å². The zero-order valence-corrected chi connectivity index (χ0v) is 15.4. The Balaban J connectivity index is 2.10. The summed E-state index contributed by atoms with van der Waals surface area (Å²) >= 11 is 0. The molecule has 0 saturated heterocycles. The number of rotatable bonds is 8. The fourth-order valence-electron chi connectivity index (χ4n) is 2.28. The van der Waals surface area contributed by atoms with Gasteiger partial charge >= 0.3 is 0 Å². The lowest BCUT2D eigenvalue weighted by Gasteiger charge is -2.20. The Morgan fingerprint density at radius 3 is 2.23 bits per heavy atom. The third-order valence-corrected chi connectivity index (χ3v) is 5.51. The first-order valence-corrected chi connectivity index (χ1v) is 9.59. The first kappa shape index (κ1) is 19.9. The quantitative estimate of drug-likeness (QED) is 0.764. The number of anilines is 1. The summed E-state index contributed by atoms with van der Waals surface area (Å²) in [5, 5.41) is 2.55. The molecule has 0 aromatic heterocycles. The molecule has 0 aliphatic heterocycles. The molecule has 0 aliphatic carbocycles. The van der Waals surface area contributed by atoms with E-state index in [2.05, 4.69) is 5.32 Å². The van der Waals surface area contributed by atoms with Crippen molar-refractivity contribution in [1.29, 1.82) is 0 Å². The Bertz CT molecular complexity index is 836. The monoisotopic (exact) mass is 380 g/mol. The van der Waals surface area contributed by atoms with E-state index >= 15 is 0 Å². The highest BCUT2D eigenvalue weighted by atomic mass is 32.2.